The zero-order chi connectivity index (χ0) is 9.78. The van der Waals surface area contributed by atoms with Crippen molar-refractivity contribution >= 4 is 5.78 Å². The summed E-state index contributed by atoms with van der Waals surface area (Å²) in [6.45, 7) is 1.69. The monoisotopic (exact) mass is 186 g/mol. The Labute approximate surface area is 67.8 Å². The lowest BCUT2D eigenvalue weighted by Crippen LogP contribution is -2.36. The van der Waals surface area contributed by atoms with E-state index >= 15 is 0 Å². The van der Waals surface area contributed by atoms with E-state index < -0.39 is 24.6 Å². The highest BCUT2D eigenvalue weighted by molar-refractivity contribution is 5.85. The van der Waals surface area contributed by atoms with E-state index in [4.69, 9.17) is 0 Å². The zero-order valence-corrected chi connectivity index (χ0v) is 6.62. The molecule has 0 saturated heterocycles. The molecule has 0 aliphatic heterocycles. The fraction of sp³-hybridized carbons (Fsp3) is 0.857. The van der Waals surface area contributed by atoms with E-state index in [0.29, 0.717) is 6.42 Å². The van der Waals surface area contributed by atoms with Crippen LogP contribution in [-0.4, -0.2) is 18.1 Å². The van der Waals surface area contributed by atoms with Gasteiger partial charge < -0.3 is 0 Å². The highest BCUT2D eigenvalue weighted by Crippen LogP contribution is 2.25. The molecule has 0 fully saturated rings. The Kier molecular flexibility index (Phi) is 4.20. The van der Waals surface area contributed by atoms with Crippen LogP contribution < -0.4 is 0 Å². The van der Waals surface area contributed by atoms with E-state index in [1.165, 1.54) is 0 Å². The number of carbonyl (C=O) groups is 1. The Morgan fingerprint density at radius 3 is 2.25 bits per heavy atom. The van der Waals surface area contributed by atoms with Crippen LogP contribution in [-0.2, 0) is 4.79 Å². The second kappa shape index (κ2) is 4.42. The number of alkyl halides is 4. The zero-order valence-electron chi connectivity index (χ0n) is 6.62. The third-order valence-corrected chi connectivity index (χ3v) is 1.40. The molecule has 0 N–H and O–H groups in total. The van der Waals surface area contributed by atoms with Crippen LogP contribution in [0, 0.1) is 0 Å². The van der Waals surface area contributed by atoms with Gasteiger partial charge in [0.25, 0.3) is 0 Å². The molecule has 0 bridgehead atoms. The lowest BCUT2D eigenvalue weighted by Gasteiger charge is -2.12. The van der Waals surface area contributed by atoms with Crippen LogP contribution >= 0.6 is 0 Å². The lowest BCUT2D eigenvalue weighted by atomic mass is 10.1. The number of carbonyl (C=O) groups excluding carboxylic acids is 1. The van der Waals surface area contributed by atoms with Gasteiger partial charge in [-0.3, -0.25) is 4.79 Å². The van der Waals surface area contributed by atoms with Crippen LogP contribution in [0.4, 0.5) is 17.6 Å². The maximum absolute atomic E-state index is 12.2. The van der Waals surface area contributed by atoms with Crippen LogP contribution in [0.1, 0.15) is 26.2 Å². The molecule has 72 valence electrons. The van der Waals surface area contributed by atoms with Crippen LogP contribution in [0.3, 0.4) is 0 Å². The third-order valence-electron chi connectivity index (χ3n) is 1.40. The summed E-state index contributed by atoms with van der Waals surface area (Å²) >= 11 is 0. The number of halogens is 4. The number of ketones is 1. The molecule has 0 aliphatic rings. The molecule has 0 aliphatic carbocycles. The molecule has 0 amide bonds. The number of unbranched alkanes of at least 4 members (excludes halogenated alkanes) is 1. The summed E-state index contributed by atoms with van der Waals surface area (Å²) in [5.41, 5.74) is 0. The van der Waals surface area contributed by atoms with E-state index in [2.05, 4.69) is 0 Å². The molecule has 0 saturated carbocycles. The van der Waals surface area contributed by atoms with Gasteiger partial charge in [0.05, 0.1) is 0 Å². The molecule has 0 spiro atoms. The average molecular weight is 186 g/mol. The highest BCUT2D eigenvalue weighted by Gasteiger charge is 2.47. The maximum atomic E-state index is 12.2. The summed E-state index contributed by atoms with van der Waals surface area (Å²) in [6.07, 6.45) is -3.61. The molecule has 0 unspecified atom stereocenters. The van der Waals surface area contributed by atoms with Gasteiger partial charge in [-0.2, -0.15) is 8.78 Å². The first-order valence-electron chi connectivity index (χ1n) is 3.62. The summed E-state index contributed by atoms with van der Waals surface area (Å²) in [4.78, 5) is 10.4. The van der Waals surface area contributed by atoms with Crippen LogP contribution in [0.15, 0.2) is 0 Å². The van der Waals surface area contributed by atoms with Gasteiger partial charge in [-0.25, -0.2) is 8.78 Å². The van der Waals surface area contributed by atoms with Crippen LogP contribution in [0.25, 0.3) is 0 Å². The first-order valence-corrected chi connectivity index (χ1v) is 3.62. The summed E-state index contributed by atoms with van der Waals surface area (Å²) in [6, 6.07) is 0. The van der Waals surface area contributed by atoms with E-state index in [1.54, 1.807) is 6.92 Å². The second-order valence-electron chi connectivity index (χ2n) is 2.45. The third kappa shape index (κ3) is 2.79. The van der Waals surface area contributed by atoms with E-state index in [-0.39, 0.29) is 6.42 Å². The Morgan fingerprint density at radius 1 is 1.42 bits per heavy atom. The number of hydrogen-bond donors (Lipinski definition) is 0. The molecule has 0 aromatic rings. The minimum atomic E-state index is -4.46. The molecule has 0 aromatic heterocycles. The molecule has 12 heavy (non-hydrogen) atoms. The molecule has 0 heterocycles. The van der Waals surface area contributed by atoms with Crippen molar-refractivity contribution in [2.24, 2.45) is 0 Å². The van der Waals surface area contributed by atoms with Crippen molar-refractivity contribution in [1.29, 1.82) is 0 Å². The van der Waals surface area contributed by atoms with Crippen molar-refractivity contribution in [2.75, 3.05) is 0 Å². The van der Waals surface area contributed by atoms with E-state index in [9.17, 15) is 22.4 Å². The number of rotatable bonds is 5. The quantitative estimate of drug-likeness (QED) is 0.603. The van der Waals surface area contributed by atoms with Gasteiger partial charge in [0, 0.05) is 6.42 Å². The molecule has 0 atom stereocenters. The first kappa shape index (κ1) is 11.4. The van der Waals surface area contributed by atoms with Gasteiger partial charge in [0.15, 0.2) is 0 Å². The fourth-order valence-corrected chi connectivity index (χ4v) is 0.626. The van der Waals surface area contributed by atoms with Gasteiger partial charge >= 0.3 is 12.3 Å². The first-order chi connectivity index (χ1) is 5.42. The fourth-order valence-electron chi connectivity index (χ4n) is 0.626. The number of hydrogen-bond acceptors (Lipinski definition) is 1. The van der Waals surface area contributed by atoms with Gasteiger partial charge in [-0.1, -0.05) is 13.3 Å². The Morgan fingerprint density at radius 2 is 1.92 bits per heavy atom. The Balaban J connectivity index is 4.07. The van der Waals surface area contributed by atoms with Crippen molar-refractivity contribution in [2.45, 2.75) is 38.5 Å². The summed E-state index contributed by atoms with van der Waals surface area (Å²) in [5.74, 6) is -6.13. The molecule has 5 heteroatoms. The largest absolute Gasteiger partial charge is 0.364 e. The van der Waals surface area contributed by atoms with Crippen molar-refractivity contribution in [3.63, 3.8) is 0 Å². The van der Waals surface area contributed by atoms with Gasteiger partial charge in [0.2, 0.25) is 5.78 Å². The molecule has 0 rings (SSSR count). The summed E-state index contributed by atoms with van der Waals surface area (Å²) in [5, 5.41) is 0. The van der Waals surface area contributed by atoms with E-state index in [0.717, 1.165) is 0 Å². The molecular weight excluding hydrogens is 176 g/mol. The molecule has 0 aromatic carbocycles. The minimum Gasteiger partial charge on any atom is -0.293 e. The Bertz CT molecular complexity index is 155. The standard InChI is InChI=1S/C7H10F4O/c1-2-3-4-5(12)7(10,11)6(8)9/h6H,2-4H2,1H3. The topological polar surface area (TPSA) is 17.1 Å². The average Bonchev–Trinajstić information content (AvgIpc) is 1.99. The lowest BCUT2D eigenvalue weighted by molar-refractivity contribution is -0.167. The molecule has 1 nitrogen and oxygen atoms in total. The van der Waals surface area contributed by atoms with Crippen LogP contribution in [0.5, 0.6) is 0 Å². The minimum absolute atomic E-state index is 0.223. The van der Waals surface area contributed by atoms with Crippen molar-refractivity contribution in [3.8, 4) is 0 Å². The molecule has 0 radical (unpaired) electrons. The SMILES string of the molecule is CCCCC(=O)C(F)(F)C(F)F. The maximum Gasteiger partial charge on any atom is 0.364 e. The van der Waals surface area contributed by atoms with E-state index in [1.807, 2.05) is 0 Å². The predicted octanol–water partition coefficient (Wildman–Crippen LogP) is 2.65. The smallest absolute Gasteiger partial charge is 0.293 e. The van der Waals surface area contributed by atoms with Gasteiger partial charge in [0.1, 0.15) is 0 Å². The van der Waals surface area contributed by atoms with Crippen LogP contribution in [0.2, 0.25) is 0 Å². The Hall–Kier alpha value is -0.610. The summed E-state index contributed by atoms with van der Waals surface area (Å²) < 4.78 is 47.4. The van der Waals surface area contributed by atoms with Crippen molar-refractivity contribution < 1.29 is 22.4 Å². The summed E-state index contributed by atoms with van der Waals surface area (Å²) in [7, 11) is 0. The van der Waals surface area contributed by atoms with Gasteiger partial charge in [-0.05, 0) is 6.42 Å². The van der Waals surface area contributed by atoms with Crippen molar-refractivity contribution in [1.82, 2.24) is 0 Å². The number of Topliss-reactive ketones (excluding diaryl/α,β-unsaturated/α-hetero) is 1. The normalized spacial score (nSPS) is 12.2. The van der Waals surface area contributed by atoms with Gasteiger partial charge in [-0.15, -0.1) is 0 Å². The second-order valence-corrected chi connectivity index (χ2v) is 2.45. The predicted molar refractivity (Wildman–Crippen MR) is 35.5 cm³/mol. The highest BCUT2D eigenvalue weighted by atomic mass is 19.3. The molecular formula is C7H10F4O. The van der Waals surface area contributed by atoms with Crippen molar-refractivity contribution in [3.05, 3.63) is 0 Å².